The van der Waals surface area contributed by atoms with E-state index in [9.17, 15) is 18.0 Å². The Bertz CT molecular complexity index is 744. The van der Waals surface area contributed by atoms with Crippen LogP contribution in [-0.4, -0.2) is 37.8 Å². The number of rotatable bonds is 5. The maximum atomic E-state index is 12.4. The van der Waals surface area contributed by atoms with Crippen LogP contribution in [0.4, 0.5) is 5.69 Å². The maximum Gasteiger partial charge on any atom is 0.228 e. The van der Waals surface area contributed by atoms with Crippen molar-refractivity contribution in [2.45, 2.75) is 43.0 Å². The Kier molecular flexibility index (Phi) is 5.92. The number of carbonyl (C=O) groups is 2. The van der Waals surface area contributed by atoms with Crippen molar-refractivity contribution >= 4 is 39.1 Å². The predicted octanol–water partition coefficient (Wildman–Crippen LogP) is 2.06. The largest absolute Gasteiger partial charge is 0.354 e. The van der Waals surface area contributed by atoms with Gasteiger partial charge in [-0.1, -0.05) is 6.92 Å². The Morgan fingerprint density at radius 3 is 2.79 bits per heavy atom. The van der Waals surface area contributed by atoms with Gasteiger partial charge in [-0.15, -0.1) is 11.8 Å². The summed E-state index contributed by atoms with van der Waals surface area (Å²) in [6, 6.07) is 4.69. The summed E-state index contributed by atoms with van der Waals surface area (Å²) in [5.74, 6) is -0.155. The molecule has 132 valence electrons. The molecule has 0 spiro atoms. The Morgan fingerprint density at radius 1 is 1.42 bits per heavy atom. The van der Waals surface area contributed by atoms with E-state index >= 15 is 0 Å². The van der Waals surface area contributed by atoms with Gasteiger partial charge in [0.2, 0.25) is 11.8 Å². The second-order valence-corrected chi connectivity index (χ2v) is 9.32. The van der Waals surface area contributed by atoms with E-state index in [0.29, 0.717) is 11.4 Å². The number of amides is 2. The minimum Gasteiger partial charge on any atom is -0.354 e. The van der Waals surface area contributed by atoms with Crippen molar-refractivity contribution in [3.63, 3.8) is 0 Å². The van der Waals surface area contributed by atoms with Crippen LogP contribution in [0.2, 0.25) is 0 Å². The second-order valence-electron chi connectivity index (χ2n) is 6.15. The van der Waals surface area contributed by atoms with Crippen LogP contribution < -0.4 is 10.6 Å². The van der Waals surface area contributed by atoms with Gasteiger partial charge >= 0.3 is 0 Å². The van der Waals surface area contributed by atoms with E-state index in [2.05, 4.69) is 10.6 Å². The van der Waals surface area contributed by atoms with Gasteiger partial charge in [-0.05, 0) is 32.0 Å². The molecule has 0 radical (unpaired) electrons. The zero-order valence-electron chi connectivity index (χ0n) is 14.0. The summed E-state index contributed by atoms with van der Waals surface area (Å²) >= 11 is 1.52. The Labute approximate surface area is 146 Å². The second kappa shape index (κ2) is 7.57. The van der Waals surface area contributed by atoms with Crippen molar-refractivity contribution in [2.75, 3.05) is 16.8 Å². The third kappa shape index (κ3) is 4.73. The highest BCUT2D eigenvalue weighted by Gasteiger charge is 2.23. The van der Waals surface area contributed by atoms with Crippen molar-refractivity contribution in [2.24, 2.45) is 5.92 Å². The van der Waals surface area contributed by atoms with Crippen LogP contribution in [-0.2, 0) is 19.4 Å². The van der Waals surface area contributed by atoms with Gasteiger partial charge in [0.25, 0.3) is 0 Å². The van der Waals surface area contributed by atoms with E-state index in [0.717, 1.165) is 4.90 Å². The number of nitrogens with one attached hydrogen (secondary N) is 2. The summed E-state index contributed by atoms with van der Waals surface area (Å²) in [4.78, 5) is 24.6. The molecule has 1 heterocycles. The lowest BCUT2D eigenvalue weighted by molar-refractivity contribution is -0.121. The van der Waals surface area contributed by atoms with Gasteiger partial charge < -0.3 is 10.6 Å². The molecule has 2 amide bonds. The molecule has 1 atom stereocenters. The maximum absolute atomic E-state index is 12.4. The minimum absolute atomic E-state index is 0.0260. The highest BCUT2D eigenvalue weighted by Crippen LogP contribution is 2.34. The molecule has 0 saturated heterocycles. The number of sulfone groups is 1. The van der Waals surface area contributed by atoms with Gasteiger partial charge in [0.15, 0.2) is 9.84 Å². The first-order valence-electron chi connectivity index (χ1n) is 7.79. The quantitative estimate of drug-likeness (QED) is 0.828. The van der Waals surface area contributed by atoms with Crippen LogP contribution in [0.3, 0.4) is 0 Å². The highest BCUT2D eigenvalue weighted by atomic mass is 32.2. The first-order valence-corrected chi connectivity index (χ1v) is 10.4. The molecule has 2 N–H and O–H groups in total. The monoisotopic (exact) mass is 370 g/mol. The van der Waals surface area contributed by atoms with E-state index in [1.54, 1.807) is 6.07 Å². The molecule has 8 heteroatoms. The van der Waals surface area contributed by atoms with Crippen LogP contribution in [0.25, 0.3) is 0 Å². The number of benzene rings is 1. The summed E-state index contributed by atoms with van der Waals surface area (Å²) in [6.45, 7) is 5.47. The van der Waals surface area contributed by atoms with Gasteiger partial charge in [0, 0.05) is 29.0 Å². The van der Waals surface area contributed by atoms with Crippen LogP contribution in [0.15, 0.2) is 28.0 Å². The molecule has 1 aromatic rings. The fraction of sp³-hybridized carbons (Fsp3) is 0.500. The standard InChI is InChI=1S/C16H22N2O4S2/c1-10(2)17-15(19)6-7-24(21,22)12-4-5-14-13(8-12)18-16(20)11(3)9-23-14/h4-5,8,10-11H,6-7,9H2,1-3H3,(H,17,19)(H,18,20)/t11-/m1/s1. The highest BCUT2D eigenvalue weighted by molar-refractivity contribution is 7.99. The fourth-order valence-electron chi connectivity index (χ4n) is 2.21. The van der Waals surface area contributed by atoms with E-state index in [1.165, 1.54) is 23.9 Å². The third-order valence-electron chi connectivity index (χ3n) is 3.55. The molecule has 6 nitrogen and oxygen atoms in total. The van der Waals surface area contributed by atoms with Crippen molar-refractivity contribution in [3.05, 3.63) is 18.2 Å². The molecule has 0 fully saturated rings. The molecular weight excluding hydrogens is 348 g/mol. The number of fused-ring (bicyclic) bond motifs is 1. The molecule has 0 bridgehead atoms. The lowest BCUT2D eigenvalue weighted by atomic mass is 10.2. The van der Waals surface area contributed by atoms with Crippen LogP contribution in [0.1, 0.15) is 27.2 Å². The SMILES string of the molecule is CC(C)NC(=O)CCS(=O)(=O)c1ccc2c(c1)NC(=O)[C@H](C)CS2. The van der Waals surface area contributed by atoms with E-state index in [1.807, 2.05) is 20.8 Å². The van der Waals surface area contributed by atoms with Crippen molar-refractivity contribution in [3.8, 4) is 0 Å². The van der Waals surface area contributed by atoms with Crippen molar-refractivity contribution < 1.29 is 18.0 Å². The molecule has 24 heavy (non-hydrogen) atoms. The molecule has 1 aliphatic rings. The van der Waals surface area contributed by atoms with Crippen LogP contribution in [0.5, 0.6) is 0 Å². The summed E-state index contributed by atoms with van der Waals surface area (Å²) in [5.41, 5.74) is 0.516. The first-order chi connectivity index (χ1) is 11.2. The summed E-state index contributed by atoms with van der Waals surface area (Å²) < 4.78 is 24.9. The average Bonchev–Trinajstić information content (AvgIpc) is 2.63. The van der Waals surface area contributed by atoms with Crippen LogP contribution in [0, 0.1) is 5.92 Å². The smallest absolute Gasteiger partial charge is 0.228 e. The Balaban J connectivity index is 2.16. The molecule has 0 saturated carbocycles. The number of hydrogen-bond acceptors (Lipinski definition) is 5. The lowest BCUT2D eigenvalue weighted by Gasteiger charge is -2.11. The predicted molar refractivity (Wildman–Crippen MR) is 94.9 cm³/mol. The van der Waals surface area contributed by atoms with Gasteiger partial charge in [-0.2, -0.15) is 0 Å². The first kappa shape index (κ1) is 18.8. The van der Waals surface area contributed by atoms with Crippen LogP contribution >= 0.6 is 11.8 Å². The topological polar surface area (TPSA) is 92.3 Å². The van der Waals surface area contributed by atoms with E-state index in [4.69, 9.17) is 0 Å². The molecule has 0 unspecified atom stereocenters. The Hall–Kier alpha value is -1.54. The summed E-state index contributed by atoms with van der Waals surface area (Å²) in [5, 5.41) is 5.44. The van der Waals surface area contributed by atoms with Gasteiger partial charge in [-0.3, -0.25) is 9.59 Å². The van der Waals surface area contributed by atoms with Gasteiger partial charge in [0.05, 0.1) is 16.3 Å². The summed E-state index contributed by atoms with van der Waals surface area (Å²) in [6.07, 6.45) is -0.0876. The van der Waals surface area contributed by atoms with Gasteiger partial charge in [0.1, 0.15) is 0 Å². The fourth-order valence-corrected chi connectivity index (χ4v) is 4.48. The lowest BCUT2D eigenvalue weighted by Crippen LogP contribution is -2.31. The molecule has 1 aliphatic heterocycles. The zero-order chi connectivity index (χ0) is 17.9. The minimum atomic E-state index is -3.59. The number of hydrogen-bond donors (Lipinski definition) is 2. The third-order valence-corrected chi connectivity index (χ3v) is 6.60. The summed E-state index contributed by atoms with van der Waals surface area (Å²) in [7, 11) is -3.59. The molecule has 0 aromatic heterocycles. The normalized spacial score (nSPS) is 17.8. The average molecular weight is 370 g/mol. The number of carbonyl (C=O) groups excluding carboxylic acids is 2. The molecule has 1 aromatic carbocycles. The number of thioether (sulfide) groups is 1. The molecular formula is C16H22N2O4S2. The van der Waals surface area contributed by atoms with Crippen molar-refractivity contribution in [1.29, 1.82) is 0 Å². The van der Waals surface area contributed by atoms with Crippen molar-refractivity contribution in [1.82, 2.24) is 5.32 Å². The van der Waals surface area contributed by atoms with E-state index < -0.39 is 9.84 Å². The number of anilines is 1. The van der Waals surface area contributed by atoms with E-state index in [-0.39, 0.29) is 40.8 Å². The molecule has 0 aliphatic carbocycles. The Morgan fingerprint density at radius 2 is 2.12 bits per heavy atom. The van der Waals surface area contributed by atoms with Gasteiger partial charge in [-0.25, -0.2) is 8.42 Å². The molecule has 2 rings (SSSR count). The zero-order valence-corrected chi connectivity index (χ0v) is 15.6.